The van der Waals surface area contributed by atoms with E-state index in [1.165, 1.54) is 0 Å². The van der Waals surface area contributed by atoms with Crippen molar-refractivity contribution in [3.63, 3.8) is 0 Å². The maximum atomic E-state index is 12.6. The molecule has 0 aliphatic heterocycles. The Labute approximate surface area is 95.8 Å². The molecule has 2 N–H and O–H groups in total. The second-order valence-corrected chi connectivity index (χ2v) is 3.44. The largest absolute Gasteiger partial charge is 0.418 e. The third kappa shape index (κ3) is 2.42. The molecule has 0 bridgehead atoms. The van der Waals surface area contributed by atoms with Crippen molar-refractivity contribution in [1.29, 1.82) is 0 Å². The lowest BCUT2D eigenvalue weighted by atomic mass is 10.1. The Bertz CT molecular complexity index is 391. The molecule has 8 heteroatoms. The third-order valence-electron chi connectivity index (χ3n) is 1.86. The van der Waals surface area contributed by atoms with E-state index >= 15 is 0 Å². The van der Waals surface area contributed by atoms with Gasteiger partial charge in [0.05, 0.1) is 28.7 Å². The Kier molecular flexibility index (Phi) is 3.72. The lowest BCUT2D eigenvalue weighted by molar-refractivity contribution is -0.139. The summed E-state index contributed by atoms with van der Waals surface area (Å²) in [6.45, 7) is 0. The molecule has 0 aliphatic rings. The zero-order valence-corrected chi connectivity index (χ0v) is 9.24. The number of aromatic nitrogens is 1. The van der Waals surface area contributed by atoms with Crippen molar-refractivity contribution in [2.45, 2.75) is 17.9 Å². The molecule has 0 atom stereocenters. The summed E-state index contributed by atoms with van der Waals surface area (Å²) >= 11 is 2.80. The number of hydrogen-bond acceptors (Lipinski definition) is 2. The first-order valence-electron chi connectivity index (χ1n) is 3.97. The molecule has 0 amide bonds. The molecule has 1 aromatic rings. The minimum atomic E-state index is -4.92. The molecular formula is C8H6BrF5N2. The fourth-order valence-corrected chi connectivity index (χ4v) is 1.69. The summed E-state index contributed by atoms with van der Waals surface area (Å²) < 4.78 is 62.7. The Hall–Kier alpha value is -0.920. The number of rotatable bonds is 2. The van der Waals surface area contributed by atoms with Crippen LogP contribution in [-0.4, -0.2) is 4.98 Å². The van der Waals surface area contributed by atoms with Gasteiger partial charge in [-0.05, 0) is 0 Å². The number of nitrogen functional groups attached to an aromatic ring is 1. The zero-order chi connectivity index (χ0) is 12.5. The quantitative estimate of drug-likeness (QED) is 0.671. The Morgan fingerprint density at radius 1 is 1.38 bits per heavy atom. The van der Waals surface area contributed by atoms with E-state index in [9.17, 15) is 22.0 Å². The normalized spacial score (nSPS) is 12.2. The molecule has 0 saturated heterocycles. The number of hydrogen-bond donors (Lipinski definition) is 1. The fraction of sp³-hybridized carbons (Fsp3) is 0.375. The predicted octanol–water partition coefficient (Wildman–Crippen LogP) is 3.52. The maximum Gasteiger partial charge on any atom is 0.418 e. The Balaban J connectivity index is 3.55. The van der Waals surface area contributed by atoms with Crippen molar-refractivity contribution < 1.29 is 22.0 Å². The average Bonchev–Trinajstić information content (AvgIpc) is 2.15. The van der Waals surface area contributed by atoms with E-state index in [2.05, 4.69) is 20.9 Å². The summed E-state index contributed by atoms with van der Waals surface area (Å²) in [7, 11) is 0. The molecule has 0 aliphatic carbocycles. The molecule has 0 fully saturated rings. The highest BCUT2D eigenvalue weighted by molar-refractivity contribution is 9.08. The highest BCUT2D eigenvalue weighted by Gasteiger charge is 2.39. The van der Waals surface area contributed by atoms with Gasteiger partial charge in [0.2, 0.25) is 0 Å². The minimum Gasteiger partial charge on any atom is -0.397 e. The molecule has 1 rings (SSSR count). The first-order valence-corrected chi connectivity index (χ1v) is 5.09. The summed E-state index contributed by atoms with van der Waals surface area (Å²) in [6.07, 6.45) is -7.47. The van der Waals surface area contributed by atoms with Crippen LogP contribution in [0.25, 0.3) is 0 Å². The van der Waals surface area contributed by atoms with Gasteiger partial charge in [-0.2, -0.15) is 13.2 Å². The van der Waals surface area contributed by atoms with Gasteiger partial charge in [0, 0.05) is 5.33 Å². The first-order chi connectivity index (χ1) is 7.29. The van der Waals surface area contributed by atoms with Gasteiger partial charge in [-0.15, -0.1) is 0 Å². The molecule has 1 aromatic heterocycles. The second kappa shape index (κ2) is 4.52. The number of anilines is 1. The van der Waals surface area contributed by atoms with Crippen LogP contribution in [0.15, 0.2) is 6.20 Å². The lowest BCUT2D eigenvalue weighted by Gasteiger charge is -2.16. The summed E-state index contributed by atoms with van der Waals surface area (Å²) in [5.41, 5.74) is 1.20. The molecule has 0 radical (unpaired) electrons. The van der Waals surface area contributed by atoms with Crippen molar-refractivity contribution >= 4 is 21.6 Å². The summed E-state index contributed by atoms with van der Waals surface area (Å²) in [6, 6.07) is 0. The summed E-state index contributed by atoms with van der Waals surface area (Å²) in [5.74, 6) is 0. The lowest BCUT2D eigenvalue weighted by Crippen LogP contribution is -2.16. The molecule has 16 heavy (non-hydrogen) atoms. The van der Waals surface area contributed by atoms with Crippen LogP contribution in [0.4, 0.5) is 27.6 Å². The number of nitrogens with zero attached hydrogens (tertiary/aromatic N) is 1. The molecule has 0 spiro atoms. The van der Waals surface area contributed by atoms with E-state index in [1.54, 1.807) is 0 Å². The van der Waals surface area contributed by atoms with E-state index < -0.39 is 29.4 Å². The van der Waals surface area contributed by atoms with Crippen LogP contribution in [0.1, 0.15) is 23.2 Å². The minimum absolute atomic E-state index is 0.198. The maximum absolute atomic E-state index is 12.6. The molecule has 1 heterocycles. The van der Waals surface area contributed by atoms with E-state index in [1.807, 2.05) is 0 Å². The smallest absolute Gasteiger partial charge is 0.397 e. The van der Waals surface area contributed by atoms with Crippen LogP contribution in [0.5, 0.6) is 0 Å². The summed E-state index contributed by atoms with van der Waals surface area (Å²) in [5, 5.41) is -0.198. The van der Waals surface area contributed by atoms with Crippen LogP contribution < -0.4 is 5.73 Å². The predicted molar refractivity (Wildman–Crippen MR) is 51.2 cm³/mol. The topological polar surface area (TPSA) is 38.9 Å². The summed E-state index contributed by atoms with van der Waals surface area (Å²) in [4.78, 5) is 3.44. The van der Waals surface area contributed by atoms with Gasteiger partial charge in [-0.3, -0.25) is 4.98 Å². The van der Waals surface area contributed by atoms with E-state index in [4.69, 9.17) is 5.73 Å². The van der Waals surface area contributed by atoms with Crippen molar-refractivity contribution in [3.05, 3.63) is 23.0 Å². The van der Waals surface area contributed by atoms with Crippen molar-refractivity contribution in [3.8, 4) is 0 Å². The standard InChI is InChI=1S/C8H6BrF5N2/c9-1-4-5(7(10)11)6(8(12,13)14)3(15)2-16-4/h2,7H,1,15H2. The van der Waals surface area contributed by atoms with E-state index in [0.29, 0.717) is 0 Å². The highest BCUT2D eigenvalue weighted by Crippen LogP contribution is 2.41. The second-order valence-electron chi connectivity index (χ2n) is 2.88. The number of pyridine rings is 1. The van der Waals surface area contributed by atoms with Crippen molar-refractivity contribution in [1.82, 2.24) is 4.98 Å². The van der Waals surface area contributed by atoms with E-state index in [-0.39, 0.29) is 11.0 Å². The van der Waals surface area contributed by atoms with Gasteiger partial charge < -0.3 is 5.73 Å². The van der Waals surface area contributed by atoms with Gasteiger partial charge in [-0.25, -0.2) is 8.78 Å². The van der Waals surface area contributed by atoms with Crippen LogP contribution in [0.2, 0.25) is 0 Å². The number of nitrogens with two attached hydrogens (primary N) is 1. The van der Waals surface area contributed by atoms with Crippen molar-refractivity contribution in [2.75, 3.05) is 5.73 Å². The molecule has 0 aromatic carbocycles. The van der Waals surface area contributed by atoms with Crippen LogP contribution in [0.3, 0.4) is 0 Å². The van der Waals surface area contributed by atoms with Gasteiger partial charge in [0.1, 0.15) is 0 Å². The van der Waals surface area contributed by atoms with Gasteiger partial charge in [0.25, 0.3) is 6.43 Å². The van der Waals surface area contributed by atoms with Crippen LogP contribution in [0, 0.1) is 0 Å². The first kappa shape index (κ1) is 13.1. The fourth-order valence-electron chi connectivity index (χ4n) is 1.24. The molecule has 0 unspecified atom stereocenters. The monoisotopic (exact) mass is 304 g/mol. The van der Waals surface area contributed by atoms with Gasteiger partial charge in [0.15, 0.2) is 0 Å². The van der Waals surface area contributed by atoms with Gasteiger partial charge >= 0.3 is 6.18 Å². The zero-order valence-electron chi connectivity index (χ0n) is 7.65. The number of alkyl halides is 6. The molecular weight excluding hydrogens is 299 g/mol. The van der Waals surface area contributed by atoms with E-state index in [0.717, 1.165) is 6.20 Å². The molecule has 90 valence electrons. The van der Waals surface area contributed by atoms with Gasteiger partial charge in [-0.1, -0.05) is 15.9 Å². The molecule has 0 saturated carbocycles. The van der Waals surface area contributed by atoms with Crippen molar-refractivity contribution in [2.24, 2.45) is 0 Å². The third-order valence-corrected chi connectivity index (χ3v) is 2.39. The average molecular weight is 305 g/mol. The number of halogens is 6. The Morgan fingerprint density at radius 2 is 1.94 bits per heavy atom. The Morgan fingerprint density at radius 3 is 2.31 bits per heavy atom. The highest BCUT2D eigenvalue weighted by atomic mass is 79.9. The van der Waals surface area contributed by atoms with Crippen LogP contribution >= 0.6 is 15.9 Å². The van der Waals surface area contributed by atoms with Crippen LogP contribution in [-0.2, 0) is 11.5 Å². The SMILES string of the molecule is Nc1cnc(CBr)c(C(F)F)c1C(F)(F)F. The molecule has 2 nitrogen and oxygen atoms in total.